The van der Waals surface area contributed by atoms with Crippen LogP contribution >= 0.6 is 11.8 Å². The zero-order valence-electron chi connectivity index (χ0n) is 17.1. The summed E-state index contributed by atoms with van der Waals surface area (Å²) in [5.74, 6) is 0.881. The number of carbonyl (C=O) groups excluding carboxylic acids is 1. The molecule has 2 aromatic heterocycles. The summed E-state index contributed by atoms with van der Waals surface area (Å²) < 4.78 is 0. The standard InChI is InChI=1S/C23H25N5OS/c1-15(2)28-22-19-11-17(18-12-26-27-13-18)3-4-21(19)25-14-20(22)23(29)24-8-5-16-6-9-30-10-7-16/h3-4,6-7,9,11-15H,5,8,10H2,1-2H3,(H,24,29)(H,25,28)(H,26,27). The van der Waals surface area contributed by atoms with Gasteiger partial charge in [-0.25, -0.2) is 0 Å². The predicted octanol–water partition coefficient (Wildman–Crippen LogP) is 4.75. The summed E-state index contributed by atoms with van der Waals surface area (Å²) in [6.07, 6.45) is 10.4. The first-order chi connectivity index (χ1) is 14.6. The molecule has 0 spiro atoms. The number of aromatic amines is 1. The molecule has 1 aliphatic heterocycles. The molecule has 0 bridgehead atoms. The first-order valence-corrected chi connectivity index (χ1v) is 11.1. The van der Waals surface area contributed by atoms with Crippen LogP contribution < -0.4 is 10.6 Å². The number of nitrogens with one attached hydrogen (secondary N) is 3. The van der Waals surface area contributed by atoms with E-state index in [2.05, 4.69) is 63.3 Å². The van der Waals surface area contributed by atoms with Crippen LogP contribution in [-0.4, -0.2) is 39.4 Å². The highest BCUT2D eigenvalue weighted by Crippen LogP contribution is 2.31. The van der Waals surface area contributed by atoms with Gasteiger partial charge >= 0.3 is 0 Å². The molecular formula is C23H25N5OS. The van der Waals surface area contributed by atoms with Gasteiger partial charge in [-0.2, -0.15) is 5.10 Å². The number of allylic oxidation sites excluding steroid dienone is 1. The fourth-order valence-corrected chi connectivity index (χ4v) is 4.10. The number of aromatic nitrogens is 3. The lowest BCUT2D eigenvalue weighted by Gasteiger charge is -2.17. The summed E-state index contributed by atoms with van der Waals surface area (Å²) >= 11 is 1.78. The van der Waals surface area contributed by atoms with Crippen molar-refractivity contribution in [1.82, 2.24) is 20.5 Å². The van der Waals surface area contributed by atoms with Crippen molar-refractivity contribution in [1.29, 1.82) is 0 Å². The number of carbonyl (C=O) groups is 1. The van der Waals surface area contributed by atoms with Gasteiger partial charge in [-0.15, -0.1) is 11.8 Å². The van der Waals surface area contributed by atoms with E-state index < -0.39 is 0 Å². The molecular weight excluding hydrogens is 394 g/mol. The molecule has 154 valence electrons. The van der Waals surface area contributed by atoms with E-state index in [0.29, 0.717) is 12.1 Å². The number of benzene rings is 1. The molecule has 3 heterocycles. The number of anilines is 1. The van der Waals surface area contributed by atoms with Crippen molar-refractivity contribution in [3.8, 4) is 11.1 Å². The molecule has 0 saturated heterocycles. The smallest absolute Gasteiger partial charge is 0.254 e. The Morgan fingerprint density at radius 2 is 2.17 bits per heavy atom. The van der Waals surface area contributed by atoms with Crippen LogP contribution in [0.5, 0.6) is 0 Å². The van der Waals surface area contributed by atoms with E-state index in [1.54, 1.807) is 24.2 Å². The number of hydrogen-bond acceptors (Lipinski definition) is 5. The lowest BCUT2D eigenvalue weighted by Crippen LogP contribution is -2.26. The van der Waals surface area contributed by atoms with Gasteiger partial charge in [-0.3, -0.25) is 14.9 Å². The molecule has 1 aliphatic rings. The van der Waals surface area contributed by atoms with E-state index in [1.807, 2.05) is 18.3 Å². The van der Waals surface area contributed by atoms with Gasteiger partial charge in [-0.1, -0.05) is 18.2 Å². The van der Waals surface area contributed by atoms with Crippen LogP contribution in [0.4, 0.5) is 5.69 Å². The van der Waals surface area contributed by atoms with Crippen LogP contribution in [0.3, 0.4) is 0 Å². The average Bonchev–Trinajstić information content (AvgIpc) is 3.29. The maximum Gasteiger partial charge on any atom is 0.254 e. The zero-order chi connectivity index (χ0) is 20.9. The van der Waals surface area contributed by atoms with Crippen LogP contribution in [0.2, 0.25) is 0 Å². The largest absolute Gasteiger partial charge is 0.382 e. The molecule has 0 saturated carbocycles. The monoisotopic (exact) mass is 419 g/mol. The highest BCUT2D eigenvalue weighted by molar-refractivity contribution is 8.02. The van der Waals surface area contributed by atoms with E-state index in [4.69, 9.17) is 0 Å². The lowest BCUT2D eigenvalue weighted by molar-refractivity contribution is 0.0955. The molecule has 30 heavy (non-hydrogen) atoms. The lowest BCUT2D eigenvalue weighted by atomic mass is 10.0. The van der Waals surface area contributed by atoms with Crippen molar-refractivity contribution in [2.24, 2.45) is 0 Å². The minimum absolute atomic E-state index is 0.115. The SMILES string of the molecule is CC(C)Nc1c(C(=O)NCCC2=CCSC=C2)cnc2ccc(-c3cn[nH]c3)cc12. The van der Waals surface area contributed by atoms with Gasteiger partial charge in [0.25, 0.3) is 5.91 Å². The molecule has 6 nitrogen and oxygen atoms in total. The quantitative estimate of drug-likeness (QED) is 0.515. The Kier molecular flexibility index (Phi) is 6.18. The highest BCUT2D eigenvalue weighted by atomic mass is 32.2. The van der Waals surface area contributed by atoms with Crippen molar-refractivity contribution < 1.29 is 4.79 Å². The minimum Gasteiger partial charge on any atom is -0.382 e. The maximum absolute atomic E-state index is 13.0. The Morgan fingerprint density at radius 1 is 1.27 bits per heavy atom. The van der Waals surface area contributed by atoms with Gasteiger partial charge in [0.05, 0.1) is 23.0 Å². The Hall–Kier alpha value is -3.06. The Balaban J connectivity index is 1.63. The van der Waals surface area contributed by atoms with E-state index in [-0.39, 0.29) is 11.9 Å². The van der Waals surface area contributed by atoms with Gasteiger partial charge in [0.2, 0.25) is 0 Å². The second kappa shape index (κ2) is 9.17. The van der Waals surface area contributed by atoms with E-state index in [9.17, 15) is 4.79 Å². The second-order valence-electron chi connectivity index (χ2n) is 7.49. The molecule has 3 N–H and O–H groups in total. The normalized spacial score (nSPS) is 13.5. The summed E-state index contributed by atoms with van der Waals surface area (Å²) in [7, 11) is 0. The first kappa shape index (κ1) is 20.2. The van der Waals surface area contributed by atoms with Crippen LogP contribution in [0.25, 0.3) is 22.0 Å². The van der Waals surface area contributed by atoms with E-state index in [1.165, 1.54) is 5.57 Å². The molecule has 7 heteroatoms. The Labute approximate surface area is 180 Å². The summed E-state index contributed by atoms with van der Waals surface area (Å²) in [5, 5.41) is 16.4. The molecule has 4 rings (SSSR count). The molecule has 0 aliphatic carbocycles. The summed E-state index contributed by atoms with van der Waals surface area (Å²) in [6, 6.07) is 6.23. The molecule has 0 fully saturated rings. The van der Waals surface area contributed by atoms with Crippen LogP contribution in [0.1, 0.15) is 30.6 Å². The number of rotatable bonds is 7. The highest BCUT2D eigenvalue weighted by Gasteiger charge is 2.17. The molecule has 1 aromatic carbocycles. The number of hydrogen-bond donors (Lipinski definition) is 3. The fraction of sp³-hybridized carbons (Fsp3) is 0.261. The fourth-order valence-electron chi connectivity index (χ4n) is 3.41. The number of nitrogens with zero attached hydrogens (tertiary/aromatic N) is 2. The summed E-state index contributed by atoms with van der Waals surface area (Å²) in [6.45, 7) is 4.72. The van der Waals surface area contributed by atoms with Crippen molar-refractivity contribution in [2.75, 3.05) is 17.6 Å². The van der Waals surface area contributed by atoms with E-state index >= 15 is 0 Å². The number of fused-ring (bicyclic) bond motifs is 1. The molecule has 0 radical (unpaired) electrons. The summed E-state index contributed by atoms with van der Waals surface area (Å²) in [4.78, 5) is 17.5. The molecule has 1 amide bonds. The zero-order valence-corrected chi connectivity index (χ0v) is 17.9. The van der Waals surface area contributed by atoms with Crippen LogP contribution in [0.15, 0.2) is 59.9 Å². The maximum atomic E-state index is 13.0. The number of thioether (sulfide) groups is 1. The van der Waals surface area contributed by atoms with Gasteiger partial charge in [0, 0.05) is 41.7 Å². The predicted molar refractivity (Wildman–Crippen MR) is 125 cm³/mol. The van der Waals surface area contributed by atoms with Crippen LogP contribution in [0, 0.1) is 0 Å². The minimum atomic E-state index is -0.115. The van der Waals surface area contributed by atoms with Gasteiger partial charge in [-0.05, 0) is 48.9 Å². The first-order valence-electron chi connectivity index (χ1n) is 10.1. The Morgan fingerprint density at radius 3 is 2.90 bits per heavy atom. The molecule has 3 aromatic rings. The molecule has 0 atom stereocenters. The van der Waals surface area contributed by atoms with Crippen molar-refractivity contribution >= 4 is 34.3 Å². The third-order valence-corrected chi connectivity index (χ3v) is 5.58. The number of pyridine rings is 1. The van der Waals surface area contributed by atoms with E-state index in [0.717, 1.165) is 39.9 Å². The third kappa shape index (κ3) is 4.57. The van der Waals surface area contributed by atoms with Crippen LogP contribution in [-0.2, 0) is 0 Å². The molecule has 0 unspecified atom stereocenters. The van der Waals surface area contributed by atoms with Crippen molar-refractivity contribution in [3.05, 3.63) is 65.5 Å². The van der Waals surface area contributed by atoms with Gasteiger partial charge in [0.15, 0.2) is 0 Å². The van der Waals surface area contributed by atoms with Gasteiger partial charge < -0.3 is 10.6 Å². The average molecular weight is 420 g/mol. The topological polar surface area (TPSA) is 82.7 Å². The number of H-pyrrole nitrogens is 1. The van der Waals surface area contributed by atoms with Crippen molar-refractivity contribution in [2.45, 2.75) is 26.3 Å². The third-order valence-electron chi connectivity index (χ3n) is 4.90. The Bertz CT molecular complexity index is 1100. The second-order valence-corrected chi connectivity index (χ2v) is 8.42. The van der Waals surface area contributed by atoms with Crippen molar-refractivity contribution in [3.63, 3.8) is 0 Å². The number of amides is 1. The summed E-state index contributed by atoms with van der Waals surface area (Å²) in [5.41, 5.74) is 5.49. The van der Waals surface area contributed by atoms with Gasteiger partial charge in [0.1, 0.15) is 0 Å².